The number of cyclic esters (lactones) is 1. The molecule has 3 aromatic rings. The third-order valence-electron chi connectivity index (χ3n) is 8.58. The molecule has 4 rings (SSSR count). The van der Waals surface area contributed by atoms with E-state index in [1.54, 1.807) is 38.1 Å². The smallest absolute Gasteiger partial charge is 0.308 e. The van der Waals surface area contributed by atoms with Crippen LogP contribution in [0.15, 0.2) is 65.0 Å². The topological polar surface area (TPSA) is 178 Å². The molecule has 12 heteroatoms. The molecular weight excluding hydrogens is 616 g/mol. The van der Waals surface area contributed by atoms with Crippen LogP contribution in [0, 0.1) is 11.8 Å². The van der Waals surface area contributed by atoms with Crippen LogP contribution in [-0.4, -0.2) is 63.0 Å². The molecule has 0 bridgehead atoms. The first-order chi connectivity index (χ1) is 22.7. The van der Waals surface area contributed by atoms with Crippen molar-refractivity contribution < 1.29 is 34.1 Å². The van der Waals surface area contributed by atoms with Gasteiger partial charge < -0.3 is 35.5 Å². The average Bonchev–Trinajstić information content (AvgIpc) is 3.01. The van der Waals surface area contributed by atoms with Crippen molar-refractivity contribution in [3.63, 3.8) is 0 Å². The standard InChI is InChI=1S/C36H44N4O8/c1-19-15-20(2)17-22(4)48-29(42)18-28(24-11-13-25(41)14-12-24)39-35(46)31(40(6)36(47)23(5)37-33(44)21(3)16-19)30-32(43)26-9-7-8-10-27(26)38-34(30)45/h7-15,20-23,28,31,41H,16-18H2,1-6H3,(H,37,44)(H,39,46)(H2,38,43,45)/b19-15-/t20-,21-,22-,23-,28+,31+/m0/s1. The van der Waals surface area contributed by atoms with Gasteiger partial charge in [-0.2, -0.15) is 0 Å². The number of H-pyrrole nitrogens is 1. The lowest BCUT2D eigenvalue weighted by Crippen LogP contribution is -2.51. The van der Waals surface area contributed by atoms with Crippen LogP contribution >= 0.6 is 0 Å². The number of carbonyl (C=O) groups excluding carboxylic acids is 4. The molecule has 5 N–H and O–H groups in total. The first-order valence-corrected chi connectivity index (χ1v) is 16.0. The molecule has 2 heterocycles. The number of esters is 1. The van der Waals surface area contributed by atoms with Crippen LogP contribution in [0.1, 0.15) is 77.1 Å². The van der Waals surface area contributed by atoms with E-state index in [1.807, 2.05) is 19.9 Å². The summed E-state index contributed by atoms with van der Waals surface area (Å²) in [7, 11) is 1.30. The van der Waals surface area contributed by atoms with Gasteiger partial charge in [0, 0.05) is 18.4 Å². The van der Waals surface area contributed by atoms with Crippen molar-refractivity contribution in [2.45, 2.75) is 78.1 Å². The van der Waals surface area contributed by atoms with E-state index < -0.39 is 64.8 Å². The molecule has 0 spiro atoms. The van der Waals surface area contributed by atoms with Gasteiger partial charge in [0.1, 0.15) is 23.6 Å². The summed E-state index contributed by atoms with van der Waals surface area (Å²) >= 11 is 0. The maximum absolute atomic E-state index is 14.3. The fraction of sp³-hybridized carbons (Fsp3) is 0.417. The molecule has 256 valence electrons. The number of para-hydroxylation sites is 1. The number of nitrogens with zero attached hydrogens (tertiary/aromatic N) is 1. The lowest BCUT2D eigenvalue weighted by Gasteiger charge is -2.32. The number of rotatable bonds is 2. The van der Waals surface area contributed by atoms with E-state index in [-0.39, 0.29) is 29.4 Å². The minimum absolute atomic E-state index is 0.0281. The van der Waals surface area contributed by atoms with Crippen LogP contribution in [0.3, 0.4) is 0 Å². The van der Waals surface area contributed by atoms with Crippen LogP contribution in [0.5, 0.6) is 11.5 Å². The lowest BCUT2D eigenvalue weighted by atomic mass is 9.95. The number of carbonyl (C=O) groups is 4. The third-order valence-corrected chi connectivity index (χ3v) is 8.58. The number of fused-ring (bicyclic) bond motifs is 1. The first-order valence-electron chi connectivity index (χ1n) is 16.0. The van der Waals surface area contributed by atoms with Crippen LogP contribution in [0.25, 0.3) is 10.9 Å². The van der Waals surface area contributed by atoms with Crippen LogP contribution in [0.2, 0.25) is 0 Å². The second-order valence-electron chi connectivity index (χ2n) is 12.8. The minimum Gasteiger partial charge on any atom is -0.508 e. The Balaban J connectivity index is 1.83. The van der Waals surface area contributed by atoms with Gasteiger partial charge in [-0.15, -0.1) is 0 Å². The van der Waals surface area contributed by atoms with Gasteiger partial charge in [0.15, 0.2) is 0 Å². The van der Waals surface area contributed by atoms with Gasteiger partial charge in [-0.05, 0) is 69.4 Å². The van der Waals surface area contributed by atoms with Gasteiger partial charge in [-0.1, -0.05) is 49.8 Å². The van der Waals surface area contributed by atoms with Gasteiger partial charge in [-0.3, -0.25) is 24.0 Å². The molecule has 0 aliphatic carbocycles. The molecule has 0 saturated carbocycles. The normalized spacial score (nSPS) is 26.7. The van der Waals surface area contributed by atoms with Crippen LogP contribution in [-0.2, 0) is 23.9 Å². The molecule has 48 heavy (non-hydrogen) atoms. The van der Waals surface area contributed by atoms with Crippen molar-refractivity contribution in [1.29, 1.82) is 0 Å². The highest BCUT2D eigenvalue weighted by atomic mass is 16.5. The summed E-state index contributed by atoms with van der Waals surface area (Å²) in [6.07, 6.45) is 2.20. The largest absolute Gasteiger partial charge is 0.508 e. The van der Waals surface area contributed by atoms with Gasteiger partial charge in [0.25, 0.3) is 5.56 Å². The number of amides is 3. The molecule has 0 radical (unpaired) electrons. The molecule has 1 aromatic heterocycles. The SMILES string of the molecule is C/C1=C/[C@H](C)C[C@H](C)OC(=O)C[C@H](c2ccc(O)cc2)NC(=O)[C@@H](c2c(O)c3ccccc3[nH]c2=O)N(C)C(=O)[C@H](C)NC(=O)[C@@H](C)C1. The van der Waals surface area contributed by atoms with E-state index in [0.717, 1.165) is 10.5 Å². The highest BCUT2D eigenvalue weighted by Gasteiger charge is 2.37. The van der Waals surface area contributed by atoms with Gasteiger partial charge >= 0.3 is 5.97 Å². The van der Waals surface area contributed by atoms with Gasteiger partial charge in [-0.25, -0.2) is 0 Å². The Hall–Kier alpha value is -5.13. The quantitative estimate of drug-likeness (QED) is 0.201. The van der Waals surface area contributed by atoms with Crippen molar-refractivity contribution >= 4 is 34.6 Å². The number of hydrogen-bond donors (Lipinski definition) is 5. The van der Waals surface area contributed by atoms with Crippen molar-refractivity contribution in [2.24, 2.45) is 11.8 Å². The number of hydrogen-bond acceptors (Lipinski definition) is 8. The molecule has 3 amide bonds. The van der Waals surface area contributed by atoms with Crippen molar-refractivity contribution in [3.8, 4) is 11.5 Å². The number of phenols is 1. The number of aromatic nitrogens is 1. The van der Waals surface area contributed by atoms with E-state index in [9.17, 15) is 34.2 Å². The molecule has 12 nitrogen and oxygen atoms in total. The Morgan fingerprint density at radius 3 is 2.21 bits per heavy atom. The molecule has 1 aliphatic heterocycles. The Morgan fingerprint density at radius 2 is 1.52 bits per heavy atom. The monoisotopic (exact) mass is 660 g/mol. The molecule has 1 aliphatic rings. The minimum atomic E-state index is -1.69. The zero-order valence-electron chi connectivity index (χ0n) is 28.1. The lowest BCUT2D eigenvalue weighted by molar-refractivity contribution is -0.150. The fourth-order valence-corrected chi connectivity index (χ4v) is 6.26. The van der Waals surface area contributed by atoms with Gasteiger partial charge in [0.05, 0.1) is 29.6 Å². The second kappa shape index (κ2) is 15.2. The fourth-order valence-electron chi connectivity index (χ4n) is 6.26. The number of allylic oxidation sites excluding steroid dienone is 2. The van der Waals surface area contributed by atoms with E-state index in [0.29, 0.717) is 23.9 Å². The third kappa shape index (κ3) is 8.41. The predicted molar refractivity (Wildman–Crippen MR) is 180 cm³/mol. The highest BCUT2D eigenvalue weighted by Crippen LogP contribution is 2.33. The summed E-state index contributed by atoms with van der Waals surface area (Å²) in [5.74, 6) is -3.53. The Bertz CT molecular complexity index is 1770. The molecular formula is C36H44N4O8. The number of aromatic hydroxyl groups is 2. The molecule has 0 unspecified atom stereocenters. The average molecular weight is 661 g/mol. The number of benzene rings is 2. The molecule has 2 aromatic carbocycles. The van der Waals surface area contributed by atoms with E-state index in [4.69, 9.17) is 4.74 Å². The summed E-state index contributed by atoms with van der Waals surface area (Å²) in [5.41, 5.74) is 0.533. The number of aromatic amines is 1. The molecule has 0 saturated heterocycles. The molecule has 6 atom stereocenters. The van der Waals surface area contributed by atoms with Crippen molar-refractivity contribution in [1.82, 2.24) is 20.5 Å². The van der Waals surface area contributed by atoms with E-state index >= 15 is 0 Å². The summed E-state index contributed by atoms with van der Waals surface area (Å²) < 4.78 is 5.73. The Morgan fingerprint density at radius 1 is 0.854 bits per heavy atom. The van der Waals surface area contributed by atoms with Crippen LogP contribution in [0.4, 0.5) is 0 Å². The van der Waals surface area contributed by atoms with Crippen molar-refractivity contribution in [3.05, 3.63) is 81.7 Å². The first kappa shape index (κ1) is 35.7. The number of phenolic OH excluding ortho intramolecular Hbond substituents is 1. The summed E-state index contributed by atoms with van der Waals surface area (Å²) in [6, 6.07) is 8.54. The maximum atomic E-state index is 14.3. The Labute approximate surface area is 279 Å². The summed E-state index contributed by atoms with van der Waals surface area (Å²) in [5, 5.41) is 27.0. The summed E-state index contributed by atoms with van der Waals surface area (Å²) in [4.78, 5) is 71.8. The number of ether oxygens (including phenoxy) is 1. The Kier molecular flexibility index (Phi) is 11.3. The van der Waals surface area contributed by atoms with Gasteiger partial charge in [0.2, 0.25) is 17.7 Å². The maximum Gasteiger partial charge on any atom is 0.308 e. The van der Waals surface area contributed by atoms with Crippen LogP contribution < -0.4 is 16.2 Å². The van der Waals surface area contributed by atoms with Crippen molar-refractivity contribution in [2.75, 3.05) is 7.05 Å². The molecule has 0 fully saturated rings. The highest BCUT2D eigenvalue weighted by molar-refractivity contribution is 5.95. The number of likely N-dealkylation sites (N-methyl/N-ethyl adjacent to an activating group) is 1. The summed E-state index contributed by atoms with van der Waals surface area (Å²) in [6.45, 7) is 8.90. The second-order valence-corrected chi connectivity index (χ2v) is 12.8. The zero-order chi connectivity index (χ0) is 35.3. The number of nitrogens with one attached hydrogen (secondary N) is 3. The predicted octanol–water partition coefficient (Wildman–Crippen LogP) is 4.14. The van der Waals surface area contributed by atoms with E-state index in [1.165, 1.54) is 38.2 Å². The number of pyridine rings is 1. The van der Waals surface area contributed by atoms with E-state index in [2.05, 4.69) is 15.6 Å². The zero-order valence-corrected chi connectivity index (χ0v) is 28.1.